The van der Waals surface area contributed by atoms with E-state index in [1.54, 1.807) is 7.05 Å². The zero-order valence-corrected chi connectivity index (χ0v) is 11.8. The van der Waals surface area contributed by atoms with Crippen LogP contribution < -0.4 is 0 Å². The van der Waals surface area contributed by atoms with Crippen molar-refractivity contribution in [3.63, 3.8) is 0 Å². The van der Waals surface area contributed by atoms with E-state index >= 15 is 0 Å². The maximum Gasteiger partial charge on any atom is 0.410 e. The van der Waals surface area contributed by atoms with Gasteiger partial charge in [-0.1, -0.05) is 0 Å². The second kappa shape index (κ2) is 6.38. The van der Waals surface area contributed by atoms with Crippen LogP contribution in [0.25, 0.3) is 0 Å². The average molecular weight is 259 g/mol. The molecule has 1 rings (SSSR count). The molecular formula is C13H25NO4. The highest BCUT2D eigenvalue weighted by molar-refractivity contribution is 5.68. The van der Waals surface area contributed by atoms with Gasteiger partial charge in [0, 0.05) is 20.3 Å². The molecule has 1 heterocycles. The lowest BCUT2D eigenvalue weighted by Crippen LogP contribution is -2.47. The monoisotopic (exact) mass is 259 g/mol. The zero-order chi connectivity index (χ0) is 13.8. The van der Waals surface area contributed by atoms with E-state index in [4.69, 9.17) is 9.47 Å². The Morgan fingerprint density at radius 3 is 2.44 bits per heavy atom. The number of carbonyl (C=O) groups excluding carboxylic acids is 1. The summed E-state index contributed by atoms with van der Waals surface area (Å²) >= 11 is 0. The van der Waals surface area contributed by atoms with Crippen molar-refractivity contribution in [3.05, 3.63) is 0 Å². The van der Waals surface area contributed by atoms with Crippen molar-refractivity contribution in [2.24, 2.45) is 5.92 Å². The molecule has 1 aliphatic heterocycles. The summed E-state index contributed by atoms with van der Waals surface area (Å²) in [4.78, 5) is 13.5. The summed E-state index contributed by atoms with van der Waals surface area (Å²) in [6.07, 6.45) is 1.37. The van der Waals surface area contributed by atoms with Crippen LogP contribution in [0.2, 0.25) is 0 Å². The van der Waals surface area contributed by atoms with Crippen molar-refractivity contribution >= 4 is 6.09 Å². The van der Waals surface area contributed by atoms with Crippen LogP contribution in [0.4, 0.5) is 4.79 Å². The number of hydrogen-bond donors (Lipinski definition) is 1. The number of amides is 1. The van der Waals surface area contributed by atoms with Crippen LogP contribution in [0.15, 0.2) is 0 Å². The molecular weight excluding hydrogens is 234 g/mol. The Morgan fingerprint density at radius 2 is 2.00 bits per heavy atom. The molecule has 1 atom stereocenters. The second-order valence-electron chi connectivity index (χ2n) is 5.79. The fourth-order valence-corrected chi connectivity index (χ4v) is 2.16. The third-order valence-corrected chi connectivity index (χ3v) is 3.18. The smallest absolute Gasteiger partial charge is 0.410 e. The molecule has 18 heavy (non-hydrogen) atoms. The molecule has 1 fully saturated rings. The summed E-state index contributed by atoms with van der Waals surface area (Å²) in [7, 11) is 1.68. The molecule has 0 spiro atoms. The highest BCUT2D eigenvalue weighted by atomic mass is 16.6. The lowest BCUT2D eigenvalue weighted by Gasteiger charge is -2.36. The quantitative estimate of drug-likeness (QED) is 0.837. The van der Waals surface area contributed by atoms with E-state index in [1.807, 2.05) is 20.8 Å². The molecule has 0 saturated carbocycles. The lowest BCUT2D eigenvalue weighted by atomic mass is 9.91. The van der Waals surface area contributed by atoms with E-state index in [1.165, 1.54) is 4.90 Å². The van der Waals surface area contributed by atoms with Gasteiger partial charge in [0.25, 0.3) is 0 Å². The summed E-state index contributed by atoms with van der Waals surface area (Å²) in [6.45, 7) is 6.86. The first-order valence-electron chi connectivity index (χ1n) is 6.49. The van der Waals surface area contributed by atoms with E-state index in [9.17, 15) is 9.90 Å². The zero-order valence-electron chi connectivity index (χ0n) is 11.8. The van der Waals surface area contributed by atoms with Crippen LogP contribution in [-0.4, -0.2) is 54.6 Å². The van der Waals surface area contributed by atoms with Gasteiger partial charge in [-0.25, -0.2) is 4.79 Å². The molecule has 1 unspecified atom stereocenters. The summed E-state index contributed by atoms with van der Waals surface area (Å²) in [5.74, 6) is 0.279. The van der Waals surface area contributed by atoms with E-state index in [0.29, 0.717) is 13.2 Å². The summed E-state index contributed by atoms with van der Waals surface area (Å²) in [5.41, 5.74) is -0.513. The third kappa shape index (κ3) is 4.46. The SMILES string of the molecule is CN(C(=O)OC(C)(C)C)C(CO)C1CCOCC1. The molecule has 1 saturated heterocycles. The van der Waals surface area contributed by atoms with Gasteiger partial charge >= 0.3 is 6.09 Å². The Morgan fingerprint density at radius 1 is 1.44 bits per heavy atom. The molecule has 1 N–H and O–H groups in total. The summed E-state index contributed by atoms with van der Waals surface area (Å²) < 4.78 is 10.6. The van der Waals surface area contributed by atoms with Crippen molar-refractivity contribution in [1.29, 1.82) is 0 Å². The minimum absolute atomic E-state index is 0.0413. The predicted octanol–water partition coefficient (Wildman–Crippen LogP) is 1.64. The Labute approximate surface area is 109 Å². The van der Waals surface area contributed by atoms with Crippen LogP contribution in [0.5, 0.6) is 0 Å². The van der Waals surface area contributed by atoms with Crippen molar-refractivity contribution in [2.45, 2.75) is 45.3 Å². The normalized spacial score (nSPS) is 19.4. The van der Waals surface area contributed by atoms with Crippen molar-refractivity contribution in [2.75, 3.05) is 26.9 Å². The molecule has 0 bridgehead atoms. The minimum atomic E-state index is -0.513. The summed E-state index contributed by atoms with van der Waals surface area (Å²) in [6, 6.07) is -0.191. The summed E-state index contributed by atoms with van der Waals surface area (Å²) in [5, 5.41) is 9.51. The Hall–Kier alpha value is -0.810. The molecule has 1 aliphatic rings. The minimum Gasteiger partial charge on any atom is -0.444 e. The highest BCUT2D eigenvalue weighted by Gasteiger charge is 2.31. The molecule has 1 amide bonds. The van der Waals surface area contributed by atoms with Crippen molar-refractivity contribution in [1.82, 2.24) is 4.90 Å². The van der Waals surface area contributed by atoms with Gasteiger partial charge in [-0.2, -0.15) is 0 Å². The van der Waals surface area contributed by atoms with Crippen LogP contribution in [0, 0.1) is 5.92 Å². The van der Waals surface area contributed by atoms with Crippen LogP contribution in [0.1, 0.15) is 33.6 Å². The number of likely N-dealkylation sites (N-methyl/N-ethyl adjacent to an activating group) is 1. The van der Waals surface area contributed by atoms with Crippen LogP contribution >= 0.6 is 0 Å². The molecule has 0 aromatic rings. The first kappa shape index (κ1) is 15.2. The van der Waals surface area contributed by atoms with Gasteiger partial charge in [-0.3, -0.25) is 0 Å². The number of hydrogen-bond acceptors (Lipinski definition) is 4. The lowest BCUT2D eigenvalue weighted by molar-refractivity contribution is -0.0115. The highest BCUT2D eigenvalue weighted by Crippen LogP contribution is 2.23. The van der Waals surface area contributed by atoms with Gasteiger partial charge in [-0.05, 0) is 39.5 Å². The van der Waals surface area contributed by atoms with Crippen LogP contribution in [-0.2, 0) is 9.47 Å². The Bertz CT molecular complexity index is 269. The fraction of sp³-hybridized carbons (Fsp3) is 0.923. The number of nitrogens with zero attached hydrogens (tertiary/aromatic N) is 1. The van der Waals surface area contributed by atoms with Crippen LogP contribution in [0.3, 0.4) is 0 Å². The molecule has 106 valence electrons. The number of ether oxygens (including phenoxy) is 2. The van der Waals surface area contributed by atoms with Gasteiger partial charge < -0.3 is 19.5 Å². The Balaban J connectivity index is 2.60. The molecule has 5 nitrogen and oxygen atoms in total. The molecule has 0 aromatic heterocycles. The predicted molar refractivity (Wildman–Crippen MR) is 68.4 cm³/mol. The fourth-order valence-electron chi connectivity index (χ4n) is 2.16. The van der Waals surface area contributed by atoms with Gasteiger partial charge in [0.05, 0.1) is 12.6 Å². The van der Waals surface area contributed by atoms with Gasteiger partial charge in [-0.15, -0.1) is 0 Å². The van der Waals surface area contributed by atoms with Crippen molar-refractivity contribution in [3.8, 4) is 0 Å². The van der Waals surface area contributed by atoms with E-state index in [-0.39, 0.29) is 24.7 Å². The van der Waals surface area contributed by atoms with E-state index in [0.717, 1.165) is 12.8 Å². The number of carbonyl (C=O) groups is 1. The maximum absolute atomic E-state index is 12.0. The molecule has 5 heteroatoms. The number of aliphatic hydroxyl groups is 1. The largest absolute Gasteiger partial charge is 0.444 e. The number of rotatable bonds is 3. The third-order valence-electron chi connectivity index (χ3n) is 3.18. The van der Waals surface area contributed by atoms with Gasteiger partial charge in [0.15, 0.2) is 0 Å². The van der Waals surface area contributed by atoms with E-state index in [2.05, 4.69) is 0 Å². The standard InChI is InChI=1S/C13H25NO4/c1-13(2,3)18-12(16)14(4)11(9-15)10-5-7-17-8-6-10/h10-11,15H,5-9H2,1-4H3. The van der Waals surface area contributed by atoms with Gasteiger partial charge in [0.2, 0.25) is 0 Å². The second-order valence-corrected chi connectivity index (χ2v) is 5.79. The molecule has 0 aromatic carbocycles. The average Bonchev–Trinajstić information content (AvgIpc) is 2.29. The topological polar surface area (TPSA) is 59.0 Å². The first-order valence-corrected chi connectivity index (χ1v) is 6.49. The van der Waals surface area contributed by atoms with E-state index < -0.39 is 5.60 Å². The number of aliphatic hydroxyl groups excluding tert-OH is 1. The maximum atomic E-state index is 12.0. The van der Waals surface area contributed by atoms with Gasteiger partial charge in [0.1, 0.15) is 5.60 Å². The molecule has 0 radical (unpaired) electrons. The first-order chi connectivity index (χ1) is 8.35. The van der Waals surface area contributed by atoms with Crippen molar-refractivity contribution < 1.29 is 19.4 Å². The Kier molecular flexibility index (Phi) is 5.41. The molecule has 0 aliphatic carbocycles.